The summed E-state index contributed by atoms with van der Waals surface area (Å²) in [6, 6.07) is 3.39. The van der Waals surface area contributed by atoms with Crippen molar-refractivity contribution in [2.75, 3.05) is 19.6 Å². The molecule has 0 spiro atoms. The van der Waals surface area contributed by atoms with Gasteiger partial charge in [0, 0.05) is 43.6 Å². The lowest BCUT2D eigenvalue weighted by molar-refractivity contribution is -0.145. The van der Waals surface area contributed by atoms with Crippen LogP contribution in [0.15, 0.2) is 42.9 Å². The Kier molecular flexibility index (Phi) is 13.8. The van der Waals surface area contributed by atoms with Crippen molar-refractivity contribution in [1.82, 2.24) is 35.7 Å². The molecule has 2 heterocycles. The molecule has 1 aliphatic heterocycles. The molecule has 54 heavy (non-hydrogen) atoms. The van der Waals surface area contributed by atoms with Crippen molar-refractivity contribution in [3.8, 4) is 0 Å². The summed E-state index contributed by atoms with van der Waals surface area (Å²) >= 11 is 6.13. The SMILES string of the molecule is CC(C)(C)[C@H](NC(=O)[C@@H](NC(=O)c1cnccn1)C1CCCCC1)C(=O)N1CCN(Cc2ccc(Cl)cc2)[C@H](C(=O)NC(CC2CCC2)C(=O)C(N)=O)C1. The van der Waals surface area contributed by atoms with Crippen LogP contribution in [-0.2, 0) is 30.5 Å². The fourth-order valence-electron chi connectivity index (χ4n) is 7.58. The predicted molar refractivity (Wildman–Crippen MR) is 202 cm³/mol. The number of nitrogens with one attached hydrogen (secondary N) is 3. The number of aromatic nitrogens is 2. The highest BCUT2D eigenvalue weighted by Crippen LogP contribution is 2.31. The summed E-state index contributed by atoms with van der Waals surface area (Å²) in [5.74, 6) is -3.75. The monoisotopic (exact) mass is 764 g/mol. The molecular formula is C39H53ClN8O6. The van der Waals surface area contributed by atoms with Gasteiger partial charge in [-0.25, -0.2) is 4.98 Å². The van der Waals surface area contributed by atoms with Crippen molar-refractivity contribution in [3.05, 3.63) is 59.1 Å². The number of nitrogens with zero attached hydrogens (tertiary/aromatic N) is 4. The smallest absolute Gasteiger partial charge is 0.287 e. The van der Waals surface area contributed by atoms with Crippen LogP contribution in [0.25, 0.3) is 0 Å². The fraction of sp³-hybridized carbons (Fsp3) is 0.590. The van der Waals surface area contributed by atoms with Gasteiger partial charge in [0.25, 0.3) is 11.8 Å². The number of ketones is 1. The van der Waals surface area contributed by atoms with Gasteiger partial charge in [-0.15, -0.1) is 0 Å². The van der Waals surface area contributed by atoms with E-state index in [1.54, 1.807) is 17.0 Å². The maximum absolute atomic E-state index is 14.5. The number of hydrogen-bond donors (Lipinski definition) is 4. The number of carbonyl (C=O) groups excluding carboxylic acids is 6. The number of primary amides is 1. The van der Waals surface area contributed by atoms with Gasteiger partial charge in [-0.05, 0) is 54.2 Å². The maximum Gasteiger partial charge on any atom is 0.287 e. The summed E-state index contributed by atoms with van der Waals surface area (Å²) < 4.78 is 0. The molecule has 2 saturated carbocycles. The fourth-order valence-corrected chi connectivity index (χ4v) is 7.70. The van der Waals surface area contributed by atoms with Gasteiger partial charge < -0.3 is 26.6 Å². The third-order valence-corrected chi connectivity index (χ3v) is 11.2. The van der Waals surface area contributed by atoms with Gasteiger partial charge in [-0.1, -0.05) is 83.0 Å². The zero-order chi connectivity index (χ0) is 39.0. The van der Waals surface area contributed by atoms with Crippen LogP contribution >= 0.6 is 11.6 Å². The highest BCUT2D eigenvalue weighted by atomic mass is 35.5. The number of nitrogens with two attached hydrogens (primary N) is 1. The first kappa shape index (κ1) is 40.7. The van der Waals surface area contributed by atoms with Crippen molar-refractivity contribution >= 4 is 46.9 Å². The van der Waals surface area contributed by atoms with E-state index in [4.69, 9.17) is 17.3 Å². The Hall–Kier alpha value is -4.43. The maximum atomic E-state index is 14.5. The molecule has 5 N–H and O–H groups in total. The van der Waals surface area contributed by atoms with E-state index in [0.717, 1.165) is 56.9 Å². The lowest BCUT2D eigenvalue weighted by Crippen LogP contribution is -2.65. The van der Waals surface area contributed by atoms with E-state index in [-0.39, 0.29) is 36.5 Å². The van der Waals surface area contributed by atoms with Crippen molar-refractivity contribution in [1.29, 1.82) is 0 Å². The molecule has 1 aromatic heterocycles. The molecule has 292 valence electrons. The van der Waals surface area contributed by atoms with Gasteiger partial charge in [0.05, 0.1) is 12.2 Å². The van der Waals surface area contributed by atoms with Gasteiger partial charge in [0.2, 0.25) is 23.5 Å². The molecule has 15 heteroatoms. The van der Waals surface area contributed by atoms with Crippen LogP contribution in [0.1, 0.15) is 94.6 Å². The molecule has 3 aliphatic rings. The second-order valence-corrected chi connectivity index (χ2v) is 16.4. The highest BCUT2D eigenvalue weighted by molar-refractivity contribution is 6.37. The summed E-state index contributed by atoms with van der Waals surface area (Å²) in [7, 11) is 0. The first-order valence-corrected chi connectivity index (χ1v) is 19.4. The van der Waals surface area contributed by atoms with Gasteiger partial charge in [-0.2, -0.15) is 0 Å². The average Bonchev–Trinajstić information content (AvgIpc) is 3.14. The Morgan fingerprint density at radius 1 is 0.907 bits per heavy atom. The minimum atomic E-state index is -1.11. The van der Waals surface area contributed by atoms with Crippen LogP contribution in [0.5, 0.6) is 0 Å². The molecule has 4 atom stereocenters. The number of carbonyl (C=O) groups is 6. The van der Waals surface area contributed by atoms with E-state index in [9.17, 15) is 28.8 Å². The molecular weight excluding hydrogens is 712 g/mol. The van der Waals surface area contributed by atoms with E-state index in [1.165, 1.54) is 18.6 Å². The van der Waals surface area contributed by atoms with E-state index >= 15 is 0 Å². The van der Waals surface area contributed by atoms with Crippen LogP contribution in [-0.4, -0.2) is 98.9 Å². The first-order chi connectivity index (χ1) is 25.7. The highest BCUT2D eigenvalue weighted by Gasteiger charge is 2.43. The molecule has 1 unspecified atom stereocenters. The van der Waals surface area contributed by atoms with E-state index in [1.807, 2.05) is 37.8 Å². The average molecular weight is 765 g/mol. The predicted octanol–water partition coefficient (Wildman–Crippen LogP) is 2.78. The molecule has 5 rings (SSSR count). The minimum Gasteiger partial charge on any atom is -0.363 e. The molecule has 1 aromatic carbocycles. The van der Waals surface area contributed by atoms with Gasteiger partial charge >= 0.3 is 0 Å². The standard InChI is InChI=1S/C39H53ClN8O6/c1-39(2,3)33(46-37(53)31(26-10-5-4-6-11-26)45-35(51)29-21-42-16-17-43-29)38(54)48-19-18-47(22-25-12-14-27(40)15-13-25)30(23-48)36(52)44-28(32(49)34(41)50)20-24-8-7-9-24/h12-17,21,24,26,28,30-31,33H,4-11,18-20,22-23H2,1-3H3,(H2,41,50)(H,44,52)(H,45,51)(H,46,53)/t28?,30-,31-,33+/m0/s1. The van der Waals surface area contributed by atoms with Crippen LogP contribution < -0.4 is 21.7 Å². The third-order valence-electron chi connectivity index (χ3n) is 11.0. The lowest BCUT2D eigenvalue weighted by Gasteiger charge is -2.44. The van der Waals surface area contributed by atoms with Gasteiger partial charge in [-0.3, -0.25) is 38.7 Å². The lowest BCUT2D eigenvalue weighted by atomic mass is 9.80. The number of benzene rings is 1. The molecule has 3 fully saturated rings. The van der Waals surface area contributed by atoms with Crippen LogP contribution in [0.3, 0.4) is 0 Å². The topological polar surface area (TPSA) is 197 Å². The summed E-state index contributed by atoms with van der Waals surface area (Å²) in [6.45, 7) is 6.47. The second kappa shape index (κ2) is 18.3. The Morgan fingerprint density at radius 2 is 1.61 bits per heavy atom. The summed E-state index contributed by atoms with van der Waals surface area (Å²) in [6.07, 6.45) is 11.7. The normalized spacial score (nSPS) is 20.1. The minimum absolute atomic E-state index is 0.0307. The van der Waals surface area contributed by atoms with Gasteiger partial charge in [0.15, 0.2) is 0 Å². The summed E-state index contributed by atoms with van der Waals surface area (Å²) in [4.78, 5) is 92.5. The Labute approximate surface area is 321 Å². The third kappa shape index (κ3) is 10.6. The number of amides is 5. The molecule has 14 nitrogen and oxygen atoms in total. The van der Waals surface area contributed by atoms with Crippen molar-refractivity contribution in [3.63, 3.8) is 0 Å². The molecule has 0 radical (unpaired) electrons. The number of rotatable bonds is 14. The molecule has 1 saturated heterocycles. The quantitative estimate of drug-likeness (QED) is 0.209. The zero-order valence-electron chi connectivity index (χ0n) is 31.4. The number of Topliss-reactive ketones (excluding diaryl/α,β-unsaturated/α-hetero) is 1. The summed E-state index contributed by atoms with van der Waals surface area (Å²) in [5.41, 5.74) is 5.62. The zero-order valence-corrected chi connectivity index (χ0v) is 32.1. The molecule has 5 amide bonds. The Bertz CT molecular complexity index is 1660. The van der Waals surface area contributed by atoms with E-state index in [2.05, 4.69) is 25.9 Å². The largest absolute Gasteiger partial charge is 0.363 e. The Morgan fingerprint density at radius 3 is 2.20 bits per heavy atom. The number of piperazine rings is 1. The van der Waals surface area contributed by atoms with Crippen molar-refractivity contribution in [2.24, 2.45) is 23.0 Å². The number of halogens is 1. The van der Waals surface area contributed by atoms with Crippen LogP contribution in [0.2, 0.25) is 5.02 Å². The molecule has 2 aromatic rings. The number of hydrogen-bond acceptors (Lipinski definition) is 9. The second-order valence-electron chi connectivity index (χ2n) is 16.0. The first-order valence-electron chi connectivity index (χ1n) is 19.0. The van der Waals surface area contributed by atoms with Gasteiger partial charge in [0.1, 0.15) is 23.8 Å². The Balaban J connectivity index is 1.37. The van der Waals surface area contributed by atoms with E-state index in [0.29, 0.717) is 24.5 Å². The van der Waals surface area contributed by atoms with Crippen LogP contribution in [0.4, 0.5) is 0 Å². The van der Waals surface area contributed by atoms with E-state index < -0.39 is 59.0 Å². The van der Waals surface area contributed by atoms with Crippen LogP contribution in [0, 0.1) is 17.3 Å². The van der Waals surface area contributed by atoms with Crippen molar-refractivity contribution < 1.29 is 28.8 Å². The molecule has 2 aliphatic carbocycles. The molecule has 0 bridgehead atoms. The van der Waals surface area contributed by atoms with Crippen molar-refractivity contribution in [2.45, 2.75) is 109 Å². The summed E-state index contributed by atoms with van der Waals surface area (Å²) in [5, 5.41) is 9.27.